The molecule has 250 valence electrons. The molecule has 3 fully saturated rings. The number of carbonyl (C=O) groups excluding carboxylic acids is 2. The maximum absolute atomic E-state index is 14.1. The molecule has 3 aliphatic heterocycles. The van der Waals surface area contributed by atoms with E-state index in [4.69, 9.17) is 11.6 Å². The second-order valence-corrected chi connectivity index (χ2v) is 14.6. The van der Waals surface area contributed by atoms with Crippen molar-refractivity contribution in [1.29, 1.82) is 0 Å². The van der Waals surface area contributed by atoms with E-state index in [-0.39, 0.29) is 54.7 Å². The zero-order valence-electron chi connectivity index (χ0n) is 26.0. The summed E-state index contributed by atoms with van der Waals surface area (Å²) in [6, 6.07) is 13.2. The van der Waals surface area contributed by atoms with Gasteiger partial charge >= 0.3 is 0 Å². The minimum Gasteiger partial charge on any atom is -0.371 e. The fourth-order valence-electron chi connectivity index (χ4n) is 6.67. The number of benzene rings is 2. The molecular formula is C32H41Cl3N6O4S. The molecule has 1 aromatic heterocycles. The quantitative estimate of drug-likeness (QED) is 0.366. The molecule has 3 aliphatic rings. The first kappa shape index (κ1) is 36.2. The molecule has 10 nitrogen and oxygen atoms in total. The average molecular weight is 712 g/mol. The van der Waals surface area contributed by atoms with Crippen LogP contribution in [0.3, 0.4) is 0 Å². The van der Waals surface area contributed by atoms with Crippen LogP contribution < -0.4 is 4.90 Å². The van der Waals surface area contributed by atoms with Gasteiger partial charge in [0.2, 0.25) is 15.9 Å². The van der Waals surface area contributed by atoms with Gasteiger partial charge in [-0.3, -0.25) is 19.6 Å². The van der Waals surface area contributed by atoms with Crippen molar-refractivity contribution in [2.45, 2.75) is 49.6 Å². The minimum atomic E-state index is -4.06. The van der Waals surface area contributed by atoms with Crippen molar-refractivity contribution >= 4 is 74.7 Å². The third kappa shape index (κ3) is 7.40. The Morgan fingerprint density at radius 1 is 0.913 bits per heavy atom. The van der Waals surface area contributed by atoms with Gasteiger partial charge in [-0.05, 0) is 78.8 Å². The van der Waals surface area contributed by atoms with Crippen molar-refractivity contribution < 1.29 is 18.0 Å². The number of hydrazine groups is 1. The minimum absolute atomic E-state index is 0. The SMILES string of the molecule is CC1CCN(C(=O)C2CN(S(=O)(=O)c3ccc4cc(Cl)ccc4c3)CC(=O)N2N(C)C2CCN(c3ccncc3)CC2)CC1.Cl.Cl. The molecule has 0 aliphatic carbocycles. The number of aromatic nitrogens is 1. The first-order valence-electron chi connectivity index (χ1n) is 15.3. The van der Waals surface area contributed by atoms with Gasteiger partial charge in [-0.1, -0.05) is 30.7 Å². The lowest BCUT2D eigenvalue weighted by molar-refractivity contribution is -0.174. The highest BCUT2D eigenvalue weighted by Crippen LogP contribution is 2.30. The van der Waals surface area contributed by atoms with Crippen LogP contribution in [0.4, 0.5) is 5.69 Å². The van der Waals surface area contributed by atoms with Crippen molar-refractivity contribution in [2.24, 2.45) is 5.92 Å². The van der Waals surface area contributed by atoms with Crippen molar-refractivity contribution in [1.82, 2.24) is 24.2 Å². The Balaban J connectivity index is 0.00000240. The van der Waals surface area contributed by atoms with Gasteiger partial charge < -0.3 is 9.80 Å². The first-order chi connectivity index (χ1) is 21.1. The average Bonchev–Trinajstić information content (AvgIpc) is 3.04. The zero-order valence-corrected chi connectivity index (χ0v) is 29.2. The van der Waals surface area contributed by atoms with Gasteiger partial charge in [-0.25, -0.2) is 13.4 Å². The summed E-state index contributed by atoms with van der Waals surface area (Å²) in [7, 11) is -2.20. The largest absolute Gasteiger partial charge is 0.371 e. The lowest BCUT2D eigenvalue weighted by atomic mass is 9.98. The van der Waals surface area contributed by atoms with E-state index in [2.05, 4.69) is 16.8 Å². The van der Waals surface area contributed by atoms with Crippen LogP contribution in [0.25, 0.3) is 10.8 Å². The molecule has 14 heteroatoms. The van der Waals surface area contributed by atoms with Crippen LogP contribution >= 0.6 is 36.4 Å². The number of halogens is 3. The highest BCUT2D eigenvalue weighted by Gasteiger charge is 2.46. The van der Waals surface area contributed by atoms with E-state index in [1.807, 2.05) is 24.2 Å². The van der Waals surface area contributed by atoms with E-state index in [0.29, 0.717) is 24.0 Å². The Kier molecular flexibility index (Phi) is 11.8. The Morgan fingerprint density at radius 2 is 1.54 bits per heavy atom. The third-order valence-corrected chi connectivity index (χ3v) is 11.4. The number of rotatable bonds is 6. The summed E-state index contributed by atoms with van der Waals surface area (Å²) in [6.07, 6.45) is 6.94. The number of anilines is 1. The number of hydrogen-bond donors (Lipinski definition) is 0. The summed E-state index contributed by atoms with van der Waals surface area (Å²) in [5.41, 5.74) is 1.11. The molecule has 3 aromatic rings. The summed E-state index contributed by atoms with van der Waals surface area (Å²) < 4.78 is 29.1. The van der Waals surface area contributed by atoms with Gasteiger partial charge in [0.05, 0.1) is 11.4 Å². The molecule has 0 radical (unpaired) electrons. The highest BCUT2D eigenvalue weighted by molar-refractivity contribution is 7.89. The fraction of sp³-hybridized carbons (Fsp3) is 0.469. The van der Waals surface area contributed by atoms with Crippen LogP contribution in [0, 0.1) is 5.92 Å². The maximum atomic E-state index is 14.1. The third-order valence-electron chi connectivity index (χ3n) is 9.39. The topological polar surface area (TPSA) is 97.4 Å². The van der Waals surface area contributed by atoms with Gasteiger partial charge in [-0.2, -0.15) is 4.31 Å². The maximum Gasteiger partial charge on any atom is 0.252 e. The van der Waals surface area contributed by atoms with Crippen molar-refractivity contribution in [3.8, 4) is 0 Å². The van der Waals surface area contributed by atoms with E-state index >= 15 is 0 Å². The number of sulfonamides is 1. The molecule has 0 bridgehead atoms. The number of pyridine rings is 1. The molecule has 3 saturated heterocycles. The smallest absolute Gasteiger partial charge is 0.252 e. The van der Waals surface area contributed by atoms with Gasteiger partial charge in [-0.15, -0.1) is 24.8 Å². The number of amides is 2. The summed E-state index contributed by atoms with van der Waals surface area (Å²) in [5, 5.41) is 5.58. The molecule has 6 rings (SSSR count). The predicted molar refractivity (Wildman–Crippen MR) is 185 cm³/mol. The zero-order chi connectivity index (χ0) is 31.0. The summed E-state index contributed by atoms with van der Waals surface area (Å²) in [4.78, 5) is 36.3. The van der Waals surface area contributed by atoms with Crippen LogP contribution in [0.15, 0.2) is 65.8 Å². The van der Waals surface area contributed by atoms with Crippen LogP contribution in [0.5, 0.6) is 0 Å². The number of piperidine rings is 2. The molecule has 2 amide bonds. The van der Waals surface area contributed by atoms with E-state index in [9.17, 15) is 18.0 Å². The van der Waals surface area contributed by atoms with Crippen LogP contribution in [-0.4, -0.2) is 103 Å². The molecule has 0 saturated carbocycles. The number of likely N-dealkylation sites (tertiary alicyclic amines) is 1. The Morgan fingerprint density at radius 3 is 2.22 bits per heavy atom. The van der Waals surface area contributed by atoms with E-state index in [1.54, 1.807) is 52.6 Å². The lowest BCUT2D eigenvalue weighted by Crippen LogP contribution is -2.68. The van der Waals surface area contributed by atoms with Gasteiger partial charge in [0.25, 0.3) is 5.91 Å². The number of fused-ring (bicyclic) bond motifs is 1. The second-order valence-electron chi connectivity index (χ2n) is 12.2. The molecule has 46 heavy (non-hydrogen) atoms. The molecule has 0 spiro atoms. The van der Waals surface area contributed by atoms with E-state index < -0.39 is 22.0 Å². The monoisotopic (exact) mass is 710 g/mol. The summed E-state index contributed by atoms with van der Waals surface area (Å²) in [5.74, 6) is -0.0642. The Bertz CT molecular complexity index is 1630. The molecule has 1 unspecified atom stereocenters. The first-order valence-corrected chi connectivity index (χ1v) is 17.1. The number of carbonyl (C=O) groups is 2. The van der Waals surface area contributed by atoms with E-state index in [1.165, 1.54) is 10.4 Å². The van der Waals surface area contributed by atoms with Crippen LogP contribution in [0.2, 0.25) is 5.02 Å². The van der Waals surface area contributed by atoms with Crippen molar-refractivity contribution in [2.75, 3.05) is 51.2 Å². The normalized spacial score (nSPS) is 20.5. The van der Waals surface area contributed by atoms with Gasteiger partial charge in [0, 0.05) is 68.9 Å². The lowest BCUT2D eigenvalue weighted by Gasteiger charge is -2.49. The van der Waals surface area contributed by atoms with Crippen molar-refractivity contribution in [3.63, 3.8) is 0 Å². The van der Waals surface area contributed by atoms with Gasteiger partial charge in [0.1, 0.15) is 6.04 Å². The number of piperazine rings is 1. The molecule has 4 heterocycles. The molecule has 0 N–H and O–H groups in total. The summed E-state index contributed by atoms with van der Waals surface area (Å²) in [6.45, 7) is 4.56. The second kappa shape index (κ2) is 15.0. The van der Waals surface area contributed by atoms with Crippen LogP contribution in [0.1, 0.15) is 32.6 Å². The van der Waals surface area contributed by atoms with E-state index in [0.717, 1.165) is 55.2 Å². The molecular weight excluding hydrogens is 671 g/mol. The number of hydrogen-bond acceptors (Lipinski definition) is 7. The van der Waals surface area contributed by atoms with Gasteiger partial charge in [0.15, 0.2) is 0 Å². The Labute approximate surface area is 288 Å². The Hall–Kier alpha value is -2.67. The number of nitrogens with zero attached hydrogens (tertiary/aromatic N) is 6. The standard InChI is InChI=1S/C32H39ClN6O4S.2ClH/c1-23-9-15-37(16-10-23)32(41)30-21-38(44(42,43)29-6-4-24-19-26(33)5-3-25(24)20-29)22-31(40)39(30)35(2)27-11-17-36(18-12-27)28-7-13-34-14-8-28;;/h3-8,13-14,19-20,23,27,30H,9-12,15-18,21-22H2,1-2H3;2*1H. The predicted octanol–water partition coefficient (Wildman–Crippen LogP) is 4.71. The summed E-state index contributed by atoms with van der Waals surface area (Å²) >= 11 is 6.12. The highest BCUT2D eigenvalue weighted by atomic mass is 35.5. The molecule has 2 aromatic carbocycles. The van der Waals surface area contributed by atoms with Crippen LogP contribution in [-0.2, 0) is 19.6 Å². The van der Waals surface area contributed by atoms with Crippen molar-refractivity contribution in [3.05, 3.63) is 65.9 Å². The fourth-order valence-corrected chi connectivity index (χ4v) is 8.28. The molecule has 1 atom stereocenters.